The smallest absolute Gasteiger partial charge is 0.267 e. The number of benzene rings is 1. The van der Waals surface area contributed by atoms with Crippen LogP contribution in [0.1, 0.15) is 34.1 Å². The van der Waals surface area contributed by atoms with E-state index in [-0.39, 0.29) is 23.6 Å². The molecule has 0 radical (unpaired) electrons. The summed E-state index contributed by atoms with van der Waals surface area (Å²) in [5, 5.41) is 8.50. The molecule has 2 aromatic heterocycles. The topological polar surface area (TPSA) is 86.1 Å². The Bertz CT molecular complexity index is 1120. The van der Waals surface area contributed by atoms with Crippen LogP contribution in [0.25, 0.3) is 10.9 Å². The van der Waals surface area contributed by atoms with E-state index in [1.54, 1.807) is 18.3 Å². The number of pyridine rings is 1. The average Bonchev–Trinajstić information content (AvgIpc) is 3.35. The number of nitrogens with one attached hydrogen (secondary N) is 1. The lowest BCUT2D eigenvalue weighted by atomic mass is 10.1. The normalized spacial score (nSPS) is 21.0. The zero-order valence-corrected chi connectivity index (χ0v) is 15.3. The first-order valence-electron chi connectivity index (χ1n) is 9.54. The number of aryl methyl sites for hydroxylation is 2. The van der Waals surface area contributed by atoms with Crippen molar-refractivity contribution >= 4 is 16.8 Å². The average molecular weight is 376 g/mol. The summed E-state index contributed by atoms with van der Waals surface area (Å²) in [7, 11) is 0. The number of rotatable bonds is 3. The third-order valence-electron chi connectivity index (χ3n) is 5.53. The molecular weight excluding hydrogens is 356 g/mol. The second-order valence-electron chi connectivity index (χ2n) is 7.35. The predicted molar refractivity (Wildman–Crippen MR) is 103 cm³/mol. The van der Waals surface area contributed by atoms with E-state index in [4.69, 9.17) is 4.74 Å². The second kappa shape index (κ2) is 6.83. The molecule has 0 bridgehead atoms. The first-order chi connectivity index (χ1) is 13.7. The van der Waals surface area contributed by atoms with Gasteiger partial charge in [-0.1, -0.05) is 6.07 Å². The maximum Gasteiger partial charge on any atom is 0.267 e. The van der Waals surface area contributed by atoms with Crippen LogP contribution in [0.5, 0.6) is 0 Å². The lowest BCUT2D eigenvalue weighted by Crippen LogP contribution is -2.44. The van der Waals surface area contributed by atoms with Crippen molar-refractivity contribution in [1.82, 2.24) is 20.1 Å². The molecule has 2 aliphatic rings. The lowest BCUT2D eigenvalue weighted by molar-refractivity contribution is 0.0924. The summed E-state index contributed by atoms with van der Waals surface area (Å²) in [5.74, 6) is -0.194. The molecule has 1 saturated heterocycles. The highest BCUT2D eigenvalue weighted by atomic mass is 16.5. The summed E-state index contributed by atoms with van der Waals surface area (Å²) < 4.78 is 7.07. The Morgan fingerprint density at radius 2 is 2.11 bits per heavy atom. The Balaban J connectivity index is 1.40. The van der Waals surface area contributed by atoms with Crippen LogP contribution in [0.2, 0.25) is 0 Å². The number of hydrogen-bond donors (Lipinski definition) is 1. The molecule has 1 aromatic carbocycles. The predicted octanol–water partition coefficient (Wildman–Crippen LogP) is 1.65. The molecule has 28 heavy (non-hydrogen) atoms. The fourth-order valence-electron chi connectivity index (χ4n) is 4.04. The molecule has 3 heterocycles. The number of carbonyl (C=O) groups excluding carboxylic acids is 1. The molecule has 2 atom stereocenters. The van der Waals surface area contributed by atoms with Gasteiger partial charge < -0.3 is 10.1 Å². The van der Waals surface area contributed by atoms with Crippen molar-refractivity contribution in [3.8, 4) is 0 Å². The largest absolute Gasteiger partial charge is 0.377 e. The van der Waals surface area contributed by atoms with Crippen LogP contribution >= 0.6 is 0 Å². The van der Waals surface area contributed by atoms with Crippen LogP contribution in [-0.2, 0) is 17.6 Å². The van der Waals surface area contributed by atoms with Crippen molar-refractivity contribution in [3.63, 3.8) is 0 Å². The van der Waals surface area contributed by atoms with Crippen LogP contribution in [0.15, 0.2) is 47.4 Å². The molecule has 0 spiro atoms. The van der Waals surface area contributed by atoms with Gasteiger partial charge in [0.1, 0.15) is 6.04 Å². The molecule has 7 heteroatoms. The molecule has 5 rings (SSSR count). The highest BCUT2D eigenvalue weighted by molar-refractivity contribution is 5.98. The van der Waals surface area contributed by atoms with Crippen molar-refractivity contribution in [2.45, 2.75) is 31.3 Å². The van der Waals surface area contributed by atoms with Gasteiger partial charge in [0.05, 0.1) is 30.5 Å². The lowest BCUT2D eigenvalue weighted by Gasteiger charge is -2.21. The highest BCUT2D eigenvalue weighted by Crippen LogP contribution is 2.22. The van der Waals surface area contributed by atoms with Crippen LogP contribution in [0.3, 0.4) is 0 Å². The van der Waals surface area contributed by atoms with Gasteiger partial charge in [-0.3, -0.25) is 14.6 Å². The number of amides is 1. The second-order valence-corrected chi connectivity index (χ2v) is 7.35. The van der Waals surface area contributed by atoms with Crippen LogP contribution in [0, 0.1) is 0 Å². The number of nitrogens with zero attached hydrogens (tertiary/aromatic N) is 3. The molecule has 7 nitrogen and oxygen atoms in total. The molecule has 142 valence electrons. The van der Waals surface area contributed by atoms with Crippen LogP contribution < -0.4 is 10.9 Å². The fraction of sp³-hybridized carbons (Fsp3) is 0.333. The molecule has 3 aromatic rings. The van der Waals surface area contributed by atoms with Gasteiger partial charge >= 0.3 is 0 Å². The van der Waals surface area contributed by atoms with Gasteiger partial charge in [-0.25, -0.2) is 4.68 Å². The Labute approximate surface area is 161 Å². The van der Waals surface area contributed by atoms with E-state index in [1.165, 1.54) is 4.68 Å². The maximum absolute atomic E-state index is 12.8. The van der Waals surface area contributed by atoms with Crippen molar-refractivity contribution in [3.05, 3.63) is 69.8 Å². The number of carbonyl (C=O) groups is 1. The van der Waals surface area contributed by atoms with Gasteiger partial charge in [-0.05, 0) is 49.1 Å². The molecule has 1 N–H and O–H groups in total. The summed E-state index contributed by atoms with van der Waals surface area (Å²) >= 11 is 0. The minimum absolute atomic E-state index is 0.132. The third kappa shape index (κ3) is 2.97. The Morgan fingerprint density at radius 3 is 3.04 bits per heavy atom. The molecular formula is C21H20N4O3. The van der Waals surface area contributed by atoms with E-state index in [1.807, 2.05) is 24.3 Å². The maximum atomic E-state index is 12.8. The van der Waals surface area contributed by atoms with Gasteiger partial charge in [0.2, 0.25) is 0 Å². The minimum Gasteiger partial charge on any atom is -0.377 e. The van der Waals surface area contributed by atoms with Gasteiger partial charge in [0.25, 0.3) is 11.5 Å². The molecule has 0 saturated carbocycles. The number of fused-ring (bicyclic) bond motifs is 2. The molecule has 2 unspecified atom stereocenters. The van der Waals surface area contributed by atoms with Crippen LogP contribution in [-0.4, -0.2) is 39.9 Å². The van der Waals surface area contributed by atoms with E-state index >= 15 is 0 Å². The molecule has 1 amide bonds. The van der Waals surface area contributed by atoms with E-state index in [0.29, 0.717) is 18.8 Å². The van der Waals surface area contributed by atoms with Crippen molar-refractivity contribution in [2.75, 3.05) is 13.2 Å². The standard InChI is InChI=1S/C21H20N4O3/c26-20-10-14-3-1-5-17(14)24-25(20)19-12-28-11-18(19)23-21(27)15-6-7-16-13(9-15)4-2-8-22-16/h2,4,6-10,18-19H,1,3,5,11-12H2,(H,23,27). The monoisotopic (exact) mass is 376 g/mol. The fourth-order valence-corrected chi connectivity index (χ4v) is 4.04. The Hall–Kier alpha value is -3.06. The Kier molecular flexibility index (Phi) is 4.16. The zero-order valence-electron chi connectivity index (χ0n) is 15.3. The number of ether oxygens (including phenoxy) is 1. The van der Waals surface area contributed by atoms with E-state index in [9.17, 15) is 9.59 Å². The van der Waals surface area contributed by atoms with Gasteiger partial charge in [-0.15, -0.1) is 0 Å². The Morgan fingerprint density at radius 1 is 1.18 bits per heavy atom. The van der Waals surface area contributed by atoms with E-state index in [0.717, 1.165) is 41.4 Å². The first-order valence-corrected chi connectivity index (χ1v) is 9.54. The summed E-state index contributed by atoms with van der Waals surface area (Å²) in [6, 6.07) is 10.3. The third-order valence-corrected chi connectivity index (χ3v) is 5.53. The molecule has 1 aliphatic heterocycles. The zero-order chi connectivity index (χ0) is 19.1. The van der Waals surface area contributed by atoms with Crippen molar-refractivity contribution in [1.29, 1.82) is 0 Å². The SMILES string of the molecule is O=C(NC1COCC1n1nc2c(cc1=O)CCC2)c1ccc2ncccc2c1. The first kappa shape index (κ1) is 17.1. The van der Waals surface area contributed by atoms with Gasteiger partial charge in [-0.2, -0.15) is 5.10 Å². The summed E-state index contributed by atoms with van der Waals surface area (Å²) in [6.07, 6.45) is 4.57. The highest BCUT2D eigenvalue weighted by Gasteiger charge is 2.33. The summed E-state index contributed by atoms with van der Waals surface area (Å²) in [5.41, 5.74) is 3.30. The van der Waals surface area contributed by atoms with Gasteiger partial charge in [0.15, 0.2) is 0 Å². The quantitative estimate of drug-likeness (QED) is 0.751. The number of aromatic nitrogens is 3. The van der Waals surface area contributed by atoms with Crippen molar-refractivity contribution in [2.24, 2.45) is 0 Å². The van der Waals surface area contributed by atoms with Crippen molar-refractivity contribution < 1.29 is 9.53 Å². The summed E-state index contributed by atoms with van der Waals surface area (Å²) in [4.78, 5) is 29.6. The molecule has 1 fully saturated rings. The van der Waals surface area contributed by atoms with E-state index in [2.05, 4.69) is 15.4 Å². The van der Waals surface area contributed by atoms with Crippen LogP contribution in [0.4, 0.5) is 0 Å². The molecule has 1 aliphatic carbocycles. The minimum atomic E-state index is -0.304. The van der Waals surface area contributed by atoms with E-state index < -0.39 is 0 Å². The van der Waals surface area contributed by atoms with Gasteiger partial charge in [0, 0.05) is 23.2 Å². The summed E-state index contributed by atoms with van der Waals surface area (Å²) in [6.45, 7) is 0.717. The number of hydrogen-bond acceptors (Lipinski definition) is 5.